The first kappa shape index (κ1) is 10.9. The van der Waals surface area contributed by atoms with Crippen LogP contribution in [-0.2, 0) is 0 Å². The van der Waals surface area contributed by atoms with Crippen molar-refractivity contribution >= 4 is 27.7 Å². The molecule has 12 heavy (non-hydrogen) atoms. The van der Waals surface area contributed by atoms with Crippen LogP contribution in [0.25, 0.3) is 0 Å². The summed E-state index contributed by atoms with van der Waals surface area (Å²) in [7, 11) is 0. The molecule has 0 aromatic rings. The number of alkyl halides is 1. The van der Waals surface area contributed by atoms with Crippen molar-refractivity contribution in [1.82, 2.24) is 0 Å². The van der Waals surface area contributed by atoms with Crippen LogP contribution in [0.5, 0.6) is 0 Å². The van der Waals surface area contributed by atoms with Crippen molar-refractivity contribution in [3.05, 3.63) is 0 Å². The third-order valence-corrected chi connectivity index (χ3v) is 5.47. The predicted molar refractivity (Wildman–Crippen MR) is 62.2 cm³/mol. The molecule has 0 spiro atoms. The van der Waals surface area contributed by atoms with Crippen LogP contribution in [-0.4, -0.2) is 16.8 Å². The molecule has 1 fully saturated rings. The molecule has 0 aromatic carbocycles. The van der Waals surface area contributed by atoms with E-state index in [0.717, 1.165) is 5.92 Å². The van der Waals surface area contributed by atoms with E-state index in [0.29, 0.717) is 5.41 Å². The Hall–Kier alpha value is 0.830. The molecule has 1 saturated carbocycles. The summed E-state index contributed by atoms with van der Waals surface area (Å²) < 4.78 is 0. The van der Waals surface area contributed by atoms with Crippen LogP contribution >= 0.6 is 27.7 Å². The molecule has 0 amide bonds. The van der Waals surface area contributed by atoms with Gasteiger partial charge in [0.25, 0.3) is 0 Å². The maximum Gasteiger partial charge on any atom is 0.00958 e. The van der Waals surface area contributed by atoms with Crippen LogP contribution in [0.4, 0.5) is 0 Å². The van der Waals surface area contributed by atoms with Gasteiger partial charge in [0.05, 0.1) is 0 Å². The van der Waals surface area contributed by atoms with Gasteiger partial charge in [-0.25, -0.2) is 0 Å². The lowest BCUT2D eigenvalue weighted by atomic mass is 9.72. The lowest BCUT2D eigenvalue weighted by molar-refractivity contribution is 0.206. The van der Waals surface area contributed by atoms with Gasteiger partial charge >= 0.3 is 0 Å². The fraction of sp³-hybridized carbons (Fsp3) is 1.00. The molecule has 0 unspecified atom stereocenters. The third-order valence-electron chi connectivity index (χ3n) is 2.56. The van der Waals surface area contributed by atoms with Gasteiger partial charge in [-0.15, -0.1) is 0 Å². The number of hydrogen-bond donors (Lipinski definition) is 0. The SMILES string of the molecule is CC(C)CSCC1(CBr)CCC1. The Balaban J connectivity index is 2.12. The maximum absolute atomic E-state index is 3.64. The van der Waals surface area contributed by atoms with Gasteiger partial charge in [0.1, 0.15) is 0 Å². The quantitative estimate of drug-likeness (QED) is 0.667. The Morgan fingerprint density at radius 2 is 2.08 bits per heavy atom. The molecule has 0 nitrogen and oxygen atoms in total. The first-order valence-electron chi connectivity index (χ1n) is 4.82. The molecule has 0 radical (unpaired) electrons. The van der Waals surface area contributed by atoms with Gasteiger partial charge in [-0.3, -0.25) is 0 Å². The van der Waals surface area contributed by atoms with Gasteiger partial charge < -0.3 is 0 Å². The Kier molecular flexibility index (Phi) is 4.45. The van der Waals surface area contributed by atoms with Crippen LogP contribution in [0.15, 0.2) is 0 Å². The highest BCUT2D eigenvalue weighted by molar-refractivity contribution is 9.09. The first-order chi connectivity index (χ1) is 5.68. The third kappa shape index (κ3) is 2.95. The van der Waals surface area contributed by atoms with E-state index in [1.165, 1.54) is 36.1 Å². The molecule has 0 bridgehead atoms. The lowest BCUT2D eigenvalue weighted by Crippen LogP contribution is -2.33. The van der Waals surface area contributed by atoms with Crippen molar-refractivity contribution in [3.63, 3.8) is 0 Å². The van der Waals surface area contributed by atoms with Crippen molar-refractivity contribution in [2.45, 2.75) is 33.1 Å². The summed E-state index contributed by atoms with van der Waals surface area (Å²) in [5.41, 5.74) is 0.680. The van der Waals surface area contributed by atoms with E-state index in [9.17, 15) is 0 Å². The van der Waals surface area contributed by atoms with Gasteiger partial charge in [0, 0.05) is 5.33 Å². The summed E-state index contributed by atoms with van der Waals surface area (Å²) in [5.74, 6) is 3.55. The summed E-state index contributed by atoms with van der Waals surface area (Å²) in [6.07, 6.45) is 4.35. The molecule has 0 aliphatic heterocycles. The molecule has 0 N–H and O–H groups in total. The highest BCUT2D eigenvalue weighted by atomic mass is 79.9. The lowest BCUT2D eigenvalue weighted by Gasteiger charge is -2.40. The van der Waals surface area contributed by atoms with Gasteiger partial charge in [-0.05, 0) is 35.7 Å². The number of halogens is 1. The van der Waals surface area contributed by atoms with E-state index in [1.807, 2.05) is 0 Å². The number of hydrogen-bond acceptors (Lipinski definition) is 1. The van der Waals surface area contributed by atoms with Gasteiger partial charge in [0.15, 0.2) is 0 Å². The van der Waals surface area contributed by atoms with Crippen LogP contribution in [0.3, 0.4) is 0 Å². The monoisotopic (exact) mass is 250 g/mol. The predicted octanol–water partition coefficient (Wildman–Crippen LogP) is 3.94. The second-order valence-electron chi connectivity index (χ2n) is 4.40. The van der Waals surface area contributed by atoms with Crippen LogP contribution in [0.1, 0.15) is 33.1 Å². The van der Waals surface area contributed by atoms with Crippen molar-refractivity contribution < 1.29 is 0 Å². The van der Waals surface area contributed by atoms with Crippen LogP contribution < -0.4 is 0 Å². The molecule has 72 valence electrons. The summed E-state index contributed by atoms with van der Waals surface area (Å²) in [6, 6.07) is 0. The molecular formula is C10H19BrS. The molecule has 0 heterocycles. The Labute approximate surface area is 89.0 Å². The zero-order chi connectivity index (χ0) is 9.03. The topological polar surface area (TPSA) is 0 Å². The zero-order valence-corrected chi connectivity index (χ0v) is 10.5. The van der Waals surface area contributed by atoms with Gasteiger partial charge in [-0.1, -0.05) is 36.2 Å². The van der Waals surface area contributed by atoms with Crippen LogP contribution in [0.2, 0.25) is 0 Å². The van der Waals surface area contributed by atoms with Crippen molar-refractivity contribution in [2.75, 3.05) is 16.8 Å². The van der Waals surface area contributed by atoms with Crippen molar-refractivity contribution in [1.29, 1.82) is 0 Å². The Morgan fingerprint density at radius 1 is 1.42 bits per heavy atom. The van der Waals surface area contributed by atoms with Crippen molar-refractivity contribution in [2.24, 2.45) is 11.3 Å². The van der Waals surface area contributed by atoms with E-state index >= 15 is 0 Å². The van der Waals surface area contributed by atoms with Crippen molar-refractivity contribution in [3.8, 4) is 0 Å². The summed E-state index contributed by atoms with van der Waals surface area (Å²) in [4.78, 5) is 0. The normalized spacial score (nSPS) is 21.0. The molecule has 0 saturated heterocycles. The first-order valence-corrected chi connectivity index (χ1v) is 7.10. The number of thioether (sulfide) groups is 1. The summed E-state index contributed by atoms with van der Waals surface area (Å²) in [6.45, 7) is 4.60. The minimum atomic E-state index is 0.680. The van der Waals surface area contributed by atoms with Gasteiger partial charge in [-0.2, -0.15) is 11.8 Å². The van der Waals surface area contributed by atoms with Crippen LogP contribution in [0, 0.1) is 11.3 Å². The molecule has 1 aliphatic rings. The fourth-order valence-corrected chi connectivity index (χ4v) is 3.94. The molecule has 0 atom stereocenters. The number of rotatable bonds is 5. The Morgan fingerprint density at radius 3 is 2.42 bits per heavy atom. The second kappa shape index (κ2) is 4.90. The molecule has 2 heteroatoms. The highest BCUT2D eigenvalue weighted by Crippen LogP contribution is 2.44. The maximum atomic E-state index is 3.64. The molecular weight excluding hydrogens is 232 g/mol. The molecule has 0 aromatic heterocycles. The van der Waals surface area contributed by atoms with E-state index in [4.69, 9.17) is 0 Å². The minimum Gasteiger partial charge on any atom is -0.161 e. The van der Waals surface area contributed by atoms with E-state index in [2.05, 4.69) is 41.5 Å². The zero-order valence-electron chi connectivity index (χ0n) is 8.11. The summed E-state index contributed by atoms with van der Waals surface area (Å²) >= 11 is 5.78. The largest absolute Gasteiger partial charge is 0.161 e. The van der Waals surface area contributed by atoms with Gasteiger partial charge in [0.2, 0.25) is 0 Å². The minimum absolute atomic E-state index is 0.680. The van der Waals surface area contributed by atoms with E-state index < -0.39 is 0 Å². The highest BCUT2D eigenvalue weighted by Gasteiger charge is 2.35. The smallest absolute Gasteiger partial charge is 0.00958 e. The summed E-state index contributed by atoms with van der Waals surface area (Å²) in [5, 5.41) is 1.21. The molecule has 1 rings (SSSR count). The average molecular weight is 251 g/mol. The fourth-order valence-electron chi connectivity index (χ4n) is 1.50. The standard InChI is InChI=1S/C10H19BrS/c1-9(2)6-12-8-10(7-11)4-3-5-10/h9H,3-8H2,1-2H3. The molecule has 1 aliphatic carbocycles. The Bertz CT molecular complexity index is 124. The van der Waals surface area contributed by atoms with E-state index in [-0.39, 0.29) is 0 Å². The van der Waals surface area contributed by atoms with E-state index in [1.54, 1.807) is 0 Å². The second-order valence-corrected chi connectivity index (χ2v) is 5.99. The average Bonchev–Trinajstić information content (AvgIpc) is 1.94.